The molecule has 5 heteroatoms. The van der Waals surface area contributed by atoms with E-state index in [2.05, 4.69) is 9.97 Å². The number of hydrogen-bond acceptors (Lipinski definition) is 4. The average Bonchev–Trinajstić information content (AvgIpc) is 2.64. The Kier molecular flexibility index (Phi) is 3.00. The second-order valence-electron chi connectivity index (χ2n) is 4.66. The van der Waals surface area contributed by atoms with Crippen molar-refractivity contribution in [3.63, 3.8) is 0 Å². The number of aromatic nitrogens is 2. The van der Waals surface area contributed by atoms with Gasteiger partial charge in [-0.1, -0.05) is 6.92 Å². The zero-order chi connectivity index (χ0) is 12.6. The van der Waals surface area contributed by atoms with Crippen molar-refractivity contribution in [2.45, 2.75) is 33.2 Å². The number of nitrogens with zero attached hydrogens (tertiary/aromatic N) is 3. The molecule has 1 N–H and O–H groups in total. The van der Waals surface area contributed by atoms with Gasteiger partial charge in [0.2, 0.25) is 0 Å². The quantitative estimate of drug-likeness (QED) is 0.839. The molecule has 1 aromatic heterocycles. The molecular weight excluding hydrogens is 218 g/mol. The molecule has 0 aromatic carbocycles. The average molecular weight is 235 g/mol. The number of carboxylic acid groups (broad SMARTS) is 1. The maximum absolute atomic E-state index is 11.3. The van der Waals surface area contributed by atoms with E-state index in [9.17, 15) is 9.90 Å². The van der Waals surface area contributed by atoms with Crippen molar-refractivity contribution in [2.75, 3.05) is 11.4 Å². The first kappa shape index (κ1) is 11.8. The highest BCUT2D eigenvalue weighted by molar-refractivity contribution is 5.79. The second-order valence-corrected chi connectivity index (χ2v) is 4.66. The summed E-state index contributed by atoms with van der Waals surface area (Å²) in [7, 11) is 0. The van der Waals surface area contributed by atoms with Crippen molar-refractivity contribution in [1.29, 1.82) is 0 Å². The first-order valence-corrected chi connectivity index (χ1v) is 5.80. The van der Waals surface area contributed by atoms with Crippen LogP contribution >= 0.6 is 0 Å². The van der Waals surface area contributed by atoms with Crippen LogP contribution in [0.5, 0.6) is 0 Å². The predicted molar refractivity (Wildman–Crippen MR) is 64.1 cm³/mol. The third-order valence-corrected chi connectivity index (χ3v) is 3.28. The fourth-order valence-electron chi connectivity index (χ4n) is 2.36. The molecule has 1 aromatic rings. The Morgan fingerprint density at radius 2 is 2.24 bits per heavy atom. The van der Waals surface area contributed by atoms with E-state index in [1.807, 2.05) is 25.7 Å². The number of aryl methyl sites for hydroxylation is 2. The monoisotopic (exact) mass is 235 g/mol. The van der Waals surface area contributed by atoms with Gasteiger partial charge in [0.15, 0.2) is 5.82 Å². The summed E-state index contributed by atoms with van der Waals surface area (Å²) in [5.41, 5.74) is 1.60. The van der Waals surface area contributed by atoms with Crippen LogP contribution in [0.15, 0.2) is 6.20 Å². The van der Waals surface area contributed by atoms with Crippen molar-refractivity contribution in [1.82, 2.24) is 9.97 Å². The van der Waals surface area contributed by atoms with Gasteiger partial charge in [0.25, 0.3) is 0 Å². The van der Waals surface area contributed by atoms with E-state index >= 15 is 0 Å². The van der Waals surface area contributed by atoms with Crippen molar-refractivity contribution >= 4 is 11.8 Å². The molecule has 1 aliphatic rings. The maximum atomic E-state index is 11.3. The van der Waals surface area contributed by atoms with Gasteiger partial charge in [0, 0.05) is 12.7 Å². The molecule has 1 fully saturated rings. The van der Waals surface area contributed by atoms with Crippen LogP contribution in [0.1, 0.15) is 24.7 Å². The van der Waals surface area contributed by atoms with Gasteiger partial charge in [-0.2, -0.15) is 0 Å². The summed E-state index contributed by atoms with van der Waals surface area (Å²) in [6, 6.07) is -0.482. The van der Waals surface area contributed by atoms with Crippen LogP contribution in [0.2, 0.25) is 0 Å². The second kappa shape index (κ2) is 4.31. The fraction of sp³-hybridized carbons (Fsp3) is 0.583. The lowest BCUT2D eigenvalue weighted by Crippen LogP contribution is -2.40. The van der Waals surface area contributed by atoms with Crippen LogP contribution in [-0.2, 0) is 4.79 Å². The summed E-state index contributed by atoms with van der Waals surface area (Å²) < 4.78 is 0. The summed E-state index contributed by atoms with van der Waals surface area (Å²) in [5, 5.41) is 9.29. The number of hydrogen-bond donors (Lipinski definition) is 1. The van der Waals surface area contributed by atoms with E-state index < -0.39 is 12.0 Å². The van der Waals surface area contributed by atoms with E-state index in [0.29, 0.717) is 5.82 Å². The summed E-state index contributed by atoms with van der Waals surface area (Å²) >= 11 is 0. The first-order chi connectivity index (χ1) is 8.00. The van der Waals surface area contributed by atoms with Gasteiger partial charge in [-0.3, -0.25) is 4.98 Å². The Morgan fingerprint density at radius 1 is 1.53 bits per heavy atom. The number of rotatable bonds is 2. The number of aliphatic carboxylic acids is 1. The molecule has 0 saturated carbocycles. The summed E-state index contributed by atoms with van der Waals surface area (Å²) in [6.07, 6.45) is 2.58. The molecule has 2 unspecified atom stereocenters. The molecule has 5 nitrogen and oxygen atoms in total. The van der Waals surface area contributed by atoms with E-state index in [0.717, 1.165) is 24.4 Å². The van der Waals surface area contributed by atoms with E-state index in [1.54, 1.807) is 6.20 Å². The molecule has 0 spiro atoms. The normalized spacial score (nSPS) is 24.1. The van der Waals surface area contributed by atoms with Crippen LogP contribution in [0.3, 0.4) is 0 Å². The van der Waals surface area contributed by atoms with Crippen LogP contribution in [-0.4, -0.2) is 33.6 Å². The Bertz CT molecular complexity index is 447. The zero-order valence-corrected chi connectivity index (χ0v) is 10.3. The number of anilines is 1. The summed E-state index contributed by atoms with van der Waals surface area (Å²) in [5.74, 6) is 0.0775. The van der Waals surface area contributed by atoms with Gasteiger partial charge in [0.05, 0.1) is 11.4 Å². The number of carboxylic acids is 1. The molecule has 17 heavy (non-hydrogen) atoms. The fourth-order valence-corrected chi connectivity index (χ4v) is 2.36. The third kappa shape index (κ3) is 2.09. The van der Waals surface area contributed by atoms with Gasteiger partial charge in [0.1, 0.15) is 6.04 Å². The van der Waals surface area contributed by atoms with Crippen molar-refractivity contribution in [3.8, 4) is 0 Å². The molecule has 1 aliphatic heterocycles. The molecule has 2 rings (SSSR count). The highest BCUT2D eigenvalue weighted by Gasteiger charge is 2.38. The van der Waals surface area contributed by atoms with Gasteiger partial charge < -0.3 is 10.0 Å². The minimum absolute atomic E-state index is 0.147. The van der Waals surface area contributed by atoms with Crippen LogP contribution in [0, 0.1) is 19.8 Å². The van der Waals surface area contributed by atoms with Crippen molar-refractivity contribution < 1.29 is 9.90 Å². The zero-order valence-electron chi connectivity index (χ0n) is 10.3. The van der Waals surface area contributed by atoms with Gasteiger partial charge in [-0.05, 0) is 26.2 Å². The molecule has 0 aliphatic carbocycles. The minimum atomic E-state index is -0.780. The van der Waals surface area contributed by atoms with E-state index in [-0.39, 0.29) is 5.92 Å². The van der Waals surface area contributed by atoms with Crippen LogP contribution < -0.4 is 4.90 Å². The van der Waals surface area contributed by atoms with Crippen LogP contribution in [0.4, 0.5) is 5.82 Å². The first-order valence-electron chi connectivity index (χ1n) is 5.80. The van der Waals surface area contributed by atoms with Crippen molar-refractivity contribution in [3.05, 3.63) is 17.6 Å². The largest absolute Gasteiger partial charge is 0.480 e. The molecule has 0 bridgehead atoms. The maximum Gasteiger partial charge on any atom is 0.326 e. The van der Waals surface area contributed by atoms with Gasteiger partial charge in [-0.15, -0.1) is 0 Å². The Labute approximate surface area is 100 Å². The van der Waals surface area contributed by atoms with Gasteiger partial charge in [-0.25, -0.2) is 9.78 Å². The molecule has 1 saturated heterocycles. The lowest BCUT2D eigenvalue weighted by molar-refractivity contribution is -0.139. The Morgan fingerprint density at radius 3 is 2.88 bits per heavy atom. The molecule has 92 valence electrons. The lowest BCUT2D eigenvalue weighted by atomic mass is 10.0. The summed E-state index contributed by atoms with van der Waals surface area (Å²) in [4.78, 5) is 21.8. The molecule has 2 atom stereocenters. The minimum Gasteiger partial charge on any atom is -0.480 e. The molecular formula is C12H17N3O2. The van der Waals surface area contributed by atoms with Crippen molar-refractivity contribution in [2.24, 2.45) is 5.92 Å². The summed E-state index contributed by atoms with van der Waals surface area (Å²) in [6.45, 7) is 6.43. The van der Waals surface area contributed by atoms with E-state index in [4.69, 9.17) is 0 Å². The highest BCUT2D eigenvalue weighted by atomic mass is 16.4. The highest BCUT2D eigenvalue weighted by Crippen LogP contribution is 2.29. The lowest BCUT2D eigenvalue weighted by Gasteiger charge is -2.25. The smallest absolute Gasteiger partial charge is 0.326 e. The third-order valence-electron chi connectivity index (χ3n) is 3.28. The SMILES string of the molecule is Cc1cnc(C)c(N2CCC(C)C2C(=O)O)n1. The Hall–Kier alpha value is -1.65. The topological polar surface area (TPSA) is 66.3 Å². The standard InChI is InChI=1S/C12H17N3O2/c1-7-4-5-15(10(7)12(16)17)11-9(3)13-6-8(2)14-11/h6-7,10H,4-5H2,1-3H3,(H,16,17). The van der Waals surface area contributed by atoms with Gasteiger partial charge >= 0.3 is 5.97 Å². The van der Waals surface area contributed by atoms with Crippen LogP contribution in [0.25, 0.3) is 0 Å². The molecule has 0 amide bonds. The predicted octanol–water partition coefficient (Wildman–Crippen LogP) is 1.39. The molecule has 2 heterocycles. The van der Waals surface area contributed by atoms with E-state index in [1.165, 1.54) is 0 Å². The Balaban J connectivity index is 2.39. The molecule has 0 radical (unpaired) electrons. The number of carbonyl (C=O) groups is 1.